The zero-order chi connectivity index (χ0) is 17.9. The lowest BCUT2D eigenvalue weighted by Crippen LogP contribution is -2.50. The molecule has 6 heteroatoms. The maximum absolute atomic E-state index is 13.0. The third-order valence-electron chi connectivity index (χ3n) is 5.40. The number of aromatic nitrogens is 1. The van der Waals surface area contributed by atoms with Crippen molar-refractivity contribution in [1.29, 1.82) is 0 Å². The minimum absolute atomic E-state index is 0.0196. The summed E-state index contributed by atoms with van der Waals surface area (Å²) >= 11 is 0. The number of carbonyl (C=O) groups is 1. The van der Waals surface area contributed by atoms with E-state index in [2.05, 4.69) is 28.0 Å². The van der Waals surface area contributed by atoms with Gasteiger partial charge in [0.1, 0.15) is 11.4 Å². The summed E-state index contributed by atoms with van der Waals surface area (Å²) in [7, 11) is 1.69. The highest BCUT2D eigenvalue weighted by molar-refractivity contribution is 5.92. The van der Waals surface area contributed by atoms with Crippen LogP contribution >= 0.6 is 0 Å². The number of hydrogen-bond donors (Lipinski definition) is 2. The Bertz CT molecular complexity index is 767. The number of benzene rings is 1. The summed E-state index contributed by atoms with van der Waals surface area (Å²) in [4.78, 5) is 19.2. The molecule has 136 valence electrons. The van der Waals surface area contributed by atoms with Crippen molar-refractivity contribution in [2.45, 2.75) is 30.8 Å². The lowest BCUT2D eigenvalue weighted by molar-refractivity contribution is 0.0698. The standard InChI is InChI=1S/C20H24N4O2/c1-26-15-7-4-6-14(12-15)16-13-22-23-19(16)18-9-5-11-24(18)20(25)17-8-2-3-10-21-17/h2-4,6-8,10,12,16,18-19,22-23H,5,9,11,13H2,1H3. The van der Waals surface area contributed by atoms with Crippen molar-refractivity contribution in [2.24, 2.45) is 0 Å². The number of hydrazine groups is 1. The molecular weight excluding hydrogens is 328 g/mol. The summed E-state index contributed by atoms with van der Waals surface area (Å²) in [6.45, 7) is 1.61. The van der Waals surface area contributed by atoms with Crippen molar-refractivity contribution < 1.29 is 9.53 Å². The highest BCUT2D eigenvalue weighted by atomic mass is 16.5. The van der Waals surface area contributed by atoms with Crippen molar-refractivity contribution in [3.05, 3.63) is 59.9 Å². The Kier molecular flexibility index (Phi) is 4.86. The monoisotopic (exact) mass is 352 g/mol. The van der Waals surface area contributed by atoms with Gasteiger partial charge in [-0.2, -0.15) is 0 Å². The van der Waals surface area contributed by atoms with Crippen LogP contribution in [0.2, 0.25) is 0 Å². The van der Waals surface area contributed by atoms with Gasteiger partial charge in [0.05, 0.1) is 7.11 Å². The lowest BCUT2D eigenvalue weighted by Gasteiger charge is -2.32. The van der Waals surface area contributed by atoms with E-state index in [9.17, 15) is 4.79 Å². The maximum Gasteiger partial charge on any atom is 0.272 e. The molecule has 2 aliphatic heterocycles. The van der Waals surface area contributed by atoms with E-state index in [0.29, 0.717) is 5.69 Å². The Morgan fingerprint density at radius 2 is 2.19 bits per heavy atom. The number of pyridine rings is 1. The summed E-state index contributed by atoms with van der Waals surface area (Å²) in [5.74, 6) is 1.17. The van der Waals surface area contributed by atoms with Crippen molar-refractivity contribution in [2.75, 3.05) is 20.2 Å². The smallest absolute Gasteiger partial charge is 0.272 e. The number of hydrogen-bond acceptors (Lipinski definition) is 5. The fourth-order valence-corrected chi connectivity index (χ4v) is 4.13. The number of amides is 1. The number of rotatable bonds is 4. The van der Waals surface area contributed by atoms with Crippen molar-refractivity contribution in [1.82, 2.24) is 20.7 Å². The molecule has 3 heterocycles. The first-order valence-electron chi connectivity index (χ1n) is 9.12. The first-order chi connectivity index (χ1) is 12.8. The molecule has 2 saturated heterocycles. The topological polar surface area (TPSA) is 66.5 Å². The van der Waals surface area contributed by atoms with Gasteiger partial charge in [0.15, 0.2) is 0 Å². The molecule has 0 saturated carbocycles. The van der Waals surface area contributed by atoms with Crippen LogP contribution < -0.4 is 15.6 Å². The van der Waals surface area contributed by atoms with E-state index in [1.54, 1.807) is 19.4 Å². The minimum Gasteiger partial charge on any atom is -0.497 e. The minimum atomic E-state index is 0.0196. The normalized spacial score (nSPS) is 25.4. The second-order valence-electron chi connectivity index (χ2n) is 6.86. The second kappa shape index (κ2) is 7.43. The van der Waals surface area contributed by atoms with E-state index in [0.717, 1.165) is 31.7 Å². The van der Waals surface area contributed by atoms with E-state index >= 15 is 0 Å². The second-order valence-corrected chi connectivity index (χ2v) is 6.86. The zero-order valence-corrected chi connectivity index (χ0v) is 14.9. The molecule has 2 N–H and O–H groups in total. The molecule has 2 aliphatic rings. The van der Waals surface area contributed by atoms with Crippen LogP contribution in [0.5, 0.6) is 5.75 Å². The van der Waals surface area contributed by atoms with Crippen LogP contribution in [0.1, 0.15) is 34.8 Å². The zero-order valence-electron chi connectivity index (χ0n) is 14.9. The molecule has 1 amide bonds. The quantitative estimate of drug-likeness (QED) is 0.880. The van der Waals surface area contributed by atoms with Crippen LogP contribution in [0.15, 0.2) is 48.7 Å². The Morgan fingerprint density at radius 3 is 3.00 bits per heavy atom. The SMILES string of the molecule is COc1cccc(C2CNNC2C2CCCN2C(=O)c2ccccn2)c1. The summed E-state index contributed by atoms with van der Waals surface area (Å²) in [6, 6.07) is 14.0. The number of nitrogens with zero attached hydrogens (tertiary/aromatic N) is 2. The van der Waals surface area contributed by atoms with E-state index < -0.39 is 0 Å². The van der Waals surface area contributed by atoms with Gasteiger partial charge in [0.25, 0.3) is 5.91 Å². The number of carbonyl (C=O) groups excluding carboxylic acids is 1. The van der Waals surface area contributed by atoms with Crippen LogP contribution in [-0.4, -0.2) is 48.1 Å². The fraction of sp³-hybridized carbons (Fsp3) is 0.400. The van der Waals surface area contributed by atoms with Gasteiger partial charge < -0.3 is 9.64 Å². The molecule has 6 nitrogen and oxygen atoms in total. The van der Waals surface area contributed by atoms with Crippen LogP contribution in [0.3, 0.4) is 0 Å². The van der Waals surface area contributed by atoms with Crippen molar-refractivity contribution >= 4 is 5.91 Å². The molecule has 0 spiro atoms. The highest BCUT2D eigenvalue weighted by Crippen LogP contribution is 2.33. The van der Waals surface area contributed by atoms with Gasteiger partial charge in [-0.1, -0.05) is 18.2 Å². The Labute approximate surface area is 153 Å². The van der Waals surface area contributed by atoms with Crippen LogP contribution in [0.4, 0.5) is 0 Å². The molecule has 2 aromatic rings. The van der Waals surface area contributed by atoms with Crippen LogP contribution in [-0.2, 0) is 0 Å². The average Bonchev–Trinajstić information content (AvgIpc) is 3.37. The molecule has 3 unspecified atom stereocenters. The van der Waals surface area contributed by atoms with Crippen LogP contribution in [0, 0.1) is 0 Å². The third kappa shape index (κ3) is 3.18. The largest absolute Gasteiger partial charge is 0.497 e. The van der Waals surface area contributed by atoms with Crippen molar-refractivity contribution in [3.63, 3.8) is 0 Å². The van der Waals surface area contributed by atoms with Gasteiger partial charge in [-0.15, -0.1) is 0 Å². The molecule has 26 heavy (non-hydrogen) atoms. The Balaban J connectivity index is 1.57. The van der Waals surface area contributed by atoms with E-state index in [-0.39, 0.29) is 23.9 Å². The molecule has 0 aliphatic carbocycles. The average molecular weight is 352 g/mol. The molecule has 3 atom stereocenters. The number of methoxy groups -OCH3 is 1. The number of likely N-dealkylation sites (tertiary alicyclic amines) is 1. The first-order valence-corrected chi connectivity index (χ1v) is 9.12. The first kappa shape index (κ1) is 17.0. The van der Waals surface area contributed by atoms with Gasteiger partial charge in [-0.3, -0.25) is 20.6 Å². The Morgan fingerprint density at radius 1 is 1.27 bits per heavy atom. The summed E-state index contributed by atoms with van der Waals surface area (Å²) in [6.07, 6.45) is 3.69. The van der Waals surface area contributed by atoms with Crippen molar-refractivity contribution in [3.8, 4) is 5.75 Å². The Hall–Kier alpha value is -2.44. The van der Waals surface area contributed by atoms with Gasteiger partial charge in [-0.25, -0.2) is 0 Å². The van der Waals surface area contributed by atoms with Gasteiger partial charge in [0.2, 0.25) is 0 Å². The van der Waals surface area contributed by atoms with Gasteiger partial charge in [0, 0.05) is 37.3 Å². The van der Waals surface area contributed by atoms with E-state index in [4.69, 9.17) is 4.74 Å². The summed E-state index contributed by atoms with van der Waals surface area (Å²) in [5, 5.41) is 0. The molecule has 2 fully saturated rings. The van der Waals surface area contributed by atoms with Gasteiger partial charge >= 0.3 is 0 Å². The predicted octanol–water partition coefficient (Wildman–Crippen LogP) is 1.95. The summed E-state index contributed by atoms with van der Waals surface area (Å²) in [5.41, 5.74) is 8.45. The molecule has 0 radical (unpaired) electrons. The predicted molar refractivity (Wildman–Crippen MR) is 99.0 cm³/mol. The fourth-order valence-electron chi connectivity index (χ4n) is 4.13. The third-order valence-corrected chi connectivity index (χ3v) is 5.40. The molecule has 1 aromatic heterocycles. The molecular formula is C20H24N4O2. The lowest BCUT2D eigenvalue weighted by atomic mass is 9.87. The summed E-state index contributed by atoms with van der Waals surface area (Å²) < 4.78 is 5.38. The van der Waals surface area contributed by atoms with E-state index in [1.807, 2.05) is 29.2 Å². The van der Waals surface area contributed by atoms with Crippen LogP contribution in [0.25, 0.3) is 0 Å². The van der Waals surface area contributed by atoms with Gasteiger partial charge in [-0.05, 0) is 42.7 Å². The molecule has 4 rings (SSSR count). The highest BCUT2D eigenvalue weighted by Gasteiger charge is 2.41. The molecule has 0 bridgehead atoms. The maximum atomic E-state index is 13.0. The number of nitrogens with one attached hydrogen (secondary N) is 2. The number of ether oxygens (including phenoxy) is 1. The van der Waals surface area contributed by atoms with E-state index in [1.165, 1.54) is 5.56 Å². The molecule has 1 aromatic carbocycles.